The molecule has 4 unspecified atom stereocenters. The van der Waals surface area contributed by atoms with E-state index in [0.29, 0.717) is 48.8 Å². The zero-order chi connectivity index (χ0) is 31.3. The van der Waals surface area contributed by atoms with Gasteiger partial charge >= 0.3 is 0 Å². The van der Waals surface area contributed by atoms with Gasteiger partial charge < -0.3 is 13.9 Å². The normalized spacial score (nSPS) is 39.8. The van der Waals surface area contributed by atoms with Crippen molar-refractivity contribution in [1.29, 1.82) is 0 Å². The van der Waals surface area contributed by atoms with Gasteiger partial charge in [0.05, 0.1) is 30.4 Å². The van der Waals surface area contributed by atoms with Crippen molar-refractivity contribution in [2.75, 3.05) is 19.8 Å². The van der Waals surface area contributed by atoms with Gasteiger partial charge in [0, 0.05) is 18.9 Å². The molecule has 1 aromatic rings. The maximum Gasteiger partial charge on any atom is 0.261 e. The smallest absolute Gasteiger partial charge is 0.261 e. The molecule has 2 aliphatic heterocycles. The number of benzene rings is 1. The van der Waals surface area contributed by atoms with Gasteiger partial charge in [0.1, 0.15) is 0 Å². The molecule has 5 fully saturated rings. The lowest BCUT2D eigenvalue weighted by Gasteiger charge is -2.64. The molecule has 6 aliphatic rings. The summed E-state index contributed by atoms with van der Waals surface area (Å²) >= 11 is 0. The van der Waals surface area contributed by atoms with Crippen LogP contribution in [-0.2, 0) is 13.9 Å². The number of carbonyl (C=O) groups is 2. The summed E-state index contributed by atoms with van der Waals surface area (Å²) in [5.41, 5.74) is 1.56. The van der Waals surface area contributed by atoms with E-state index in [0.717, 1.165) is 31.1 Å². The van der Waals surface area contributed by atoms with Gasteiger partial charge in [-0.1, -0.05) is 46.8 Å². The number of rotatable bonds is 5. The predicted octanol–water partition coefficient (Wildman–Crippen LogP) is 8.08. The van der Waals surface area contributed by atoms with Crippen LogP contribution in [0.25, 0.3) is 0 Å². The Morgan fingerprint density at radius 1 is 0.841 bits per heavy atom. The highest BCUT2D eigenvalue weighted by Gasteiger charge is 2.65. The highest BCUT2D eigenvalue weighted by molar-refractivity contribution is 6.74. The summed E-state index contributed by atoms with van der Waals surface area (Å²) in [5.74, 6) is 1.95. The quantitative estimate of drug-likeness (QED) is 0.246. The molecule has 4 aliphatic carbocycles. The summed E-state index contributed by atoms with van der Waals surface area (Å²) in [7, 11) is -1.84. The number of ether oxygens (including phenoxy) is 2. The van der Waals surface area contributed by atoms with E-state index in [-0.39, 0.29) is 33.6 Å². The van der Waals surface area contributed by atoms with Gasteiger partial charge in [-0.2, -0.15) is 0 Å². The largest absolute Gasteiger partial charge is 0.413 e. The summed E-state index contributed by atoms with van der Waals surface area (Å²) < 4.78 is 20.2. The van der Waals surface area contributed by atoms with Crippen LogP contribution in [0.1, 0.15) is 113 Å². The Hall–Kier alpha value is -1.54. The van der Waals surface area contributed by atoms with Gasteiger partial charge in [0.15, 0.2) is 14.1 Å². The average Bonchev–Trinajstić information content (AvgIpc) is 3.64. The lowest BCUT2D eigenvalue weighted by atomic mass is 9.43. The second-order valence-corrected chi connectivity index (χ2v) is 22.0. The van der Waals surface area contributed by atoms with Crippen LogP contribution < -0.4 is 0 Å². The van der Waals surface area contributed by atoms with Crippen molar-refractivity contribution in [3.63, 3.8) is 0 Å². The Morgan fingerprint density at radius 2 is 1.45 bits per heavy atom. The van der Waals surface area contributed by atoms with Crippen molar-refractivity contribution >= 4 is 20.1 Å². The van der Waals surface area contributed by atoms with Crippen molar-refractivity contribution in [2.45, 2.75) is 122 Å². The minimum Gasteiger partial charge on any atom is -0.413 e. The van der Waals surface area contributed by atoms with E-state index in [1.54, 1.807) is 12.1 Å². The SMILES string of the molecule is CC(C)(C)[Si](C)(C)OC1CCC2C3CC[C@H]4[C@H](CCN5C(=O)c6ccccc6C5=O)C5(CC[C@]4(C)C3CC[C@]12C)OCCO5. The Bertz CT molecular complexity index is 1280. The monoisotopic (exact) mass is 621 g/mol. The van der Waals surface area contributed by atoms with Crippen LogP contribution >= 0.6 is 0 Å². The number of fused-ring (bicyclic) bond motifs is 6. The number of carbonyl (C=O) groups excluding carboxylic acids is 2. The maximum absolute atomic E-state index is 13.3. The molecule has 242 valence electrons. The molecule has 1 saturated heterocycles. The first kappa shape index (κ1) is 31.1. The number of imide groups is 1. The zero-order valence-electron chi connectivity index (χ0n) is 28.2. The Labute approximate surface area is 266 Å². The molecule has 1 spiro atoms. The Kier molecular flexibility index (Phi) is 7.40. The first-order chi connectivity index (χ1) is 20.7. The standard InChI is InChI=1S/C37H55NO5Si/c1-34(2,3)44(6,7)43-31-15-14-27-26-12-13-29-30(17-21-38-32(39)24-10-8-9-11-25(24)33(38)40)37(41-22-23-42-37)20-19-35(29,4)28(26)16-18-36(27,31)5/h8-11,26-31H,12-23H2,1-7H3/t26?,27?,28?,29-,30-,31?,35+,36-/m0/s1. The Balaban J connectivity index is 1.12. The Morgan fingerprint density at radius 3 is 2.09 bits per heavy atom. The van der Waals surface area contributed by atoms with Crippen LogP contribution in [-0.4, -0.2) is 56.7 Å². The third-order valence-corrected chi connectivity index (χ3v) is 19.0. The van der Waals surface area contributed by atoms with Gasteiger partial charge in [-0.3, -0.25) is 14.5 Å². The molecule has 1 aromatic carbocycles. The fraction of sp³-hybridized carbons (Fsp3) is 0.784. The van der Waals surface area contributed by atoms with E-state index >= 15 is 0 Å². The van der Waals surface area contributed by atoms with E-state index < -0.39 is 14.1 Å². The van der Waals surface area contributed by atoms with Gasteiger partial charge in [-0.15, -0.1) is 0 Å². The fourth-order valence-corrected chi connectivity index (χ4v) is 12.5. The molecule has 8 atom stereocenters. The lowest BCUT2D eigenvalue weighted by molar-refractivity contribution is -0.269. The molecule has 0 radical (unpaired) electrons. The van der Waals surface area contributed by atoms with Gasteiger partial charge in [0.2, 0.25) is 0 Å². The first-order valence-electron chi connectivity index (χ1n) is 17.6. The average molecular weight is 622 g/mol. The number of nitrogens with zero attached hydrogens (tertiary/aromatic N) is 1. The molecule has 7 rings (SSSR count). The molecular formula is C37H55NO5Si. The molecule has 7 heteroatoms. The number of hydrogen-bond acceptors (Lipinski definition) is 5. The van der Waals surface area contributed by atoms with E-state index in [4.69, 9.17) is 13.9 Å². The number of hydrogen-bond donors (Lipinski definition) is 0. The second-order valence-electron chi connectivity index (χ2n) is 17.3. The first-order valence-corrected chi connectivity index (χ1v) is 20.5. The van der Waals surface area contributed by atoms with Gasteiger partial charge in [0.25, 0.3) is 11.8 Å². The minimum atomic E-state index is -1.84. The van der Waals surface area contributed by atoms with Crippen LogP contribution in [0.5, 0.6) is 0 Å². The van der Waals surface area contributed by atoms with E-state index in [2.05, 4.69) is 47.7 Å². The van der Waals surface area contributed by atoms with E-state index in [9.17, 15) is 9.59 Å². The summed E-state index contributed by atoms with van der Waals surface area (Å²) in [6, 6.07) is 7.24. The van der Waals surface area contributed by atoms with Crippen molar-refractivity contribution in [3.05, 3.63) is 35.4 Å². The van der Waals surface area contributed by atoms with Crippen molar-refractivity contribution in [2.24, 2.45) is 40.4 Å². The molecule has 0 aromatic heterocycles. The number of amides is 2. The van der Waals surface area contributed by atoms with Crippen molar-refractivity contribution in [3.8, 4) is 0 Å². The van der Waals surface area contributed by atoms with Crippen LogP contribution in [0.15, 0.2) is 24.3 Å². The highest BCUT2D eigenvalue weighted by Crippen LogP contribution is 2.69. The summed E-state index contributed by atoms with van der Waals surface area (Å²) in [6.07, 6.45) is 10.7. The van der Waals surface area contributed by atoms with Crippen molar-refractivity contribution in [1.82, 2.24) is 4.90 Å². The van der Waals surface area contributed by atoms with Crippen LogP contribution in [0.2, 0.25) is 18.1 Å². The van der Waals surface area contributed by atoms with E-state index in [1.165, 1.54) is 43.4 Å². The molecule has 0 N–H and O–H groups in total. The zero-order valence-corrected chi connectivity index (χ0v) is 29.2. The lowest BCUT2D eigenvalue weighted by Crippen LogP contribution is -2.61. The fourth-order valence-electron chi connectivity index (χ4n) is 11.1. The van der Waals surface area contributed by atoms with E-state index in [1.807, 2.05) is 12.1 Å². The summed E-state index contributed by atoms with van der Waals surface area (Å²) in [4.78, 5) is 28.0. The molecular weight excluding hydrogens is 566 g/mol. The van der Waals surface area contributed by atoms with Gasteiger partial charge in [-0.25, -0.2) is 0 Å². The van der Waals surface area contributed by atoms with Gasteiger partial charge in [-0.05, 0) is 116 Å². The molecule has 6 nitrogen and oxygen atoms in total. The highest BCUT2D eigenvalue weighted by atomic mass is 28.4. The molecule has 44 heavy (non-hydrogen) atoms. The predicted molar refractivity (Wildman–Crippen MR) is 174 cm³/mol. The van der Waals surface area contributed by atoms with Crippen LogP contribution in [0.4, 0.5) is 0 Å². The second kappa shape index (κ2) is 10.5. The molecule has 2 amide bonds. The minimum absolute atomic E-state index is 0.155. The third kappa shape index (κ3) is 4.49. The topological polar surface area (TPSA) is 65.1 Å². The van der Waals surface area contributed by atoms with Crippen LogP contribution in [0, 0.1) is 40.4 Å². The summed E-state index contributed by atoms with van der Waals surface area (Å²) in [5, 5.41) is 0.231. The van der Waals surface area contributed by atoms with Crippen molar-refractivity contribution < 1.29 is 23.5 Å². The molecule has 2 heterocycles. The molecule has 0 bridgehead atoms. The maximum atomic E-state index is 13.3. The third-order valence-electron chi connectivity index (χ3n) is 14.5. The molecule has 4 saturated carbocycles. The summed E-state index contributed by atoms with van der Waals surface area (Å²) in [6.45, 7) is 18.8. The van der Waals surface area contributed by atoms with Crippen LogP contribution in [0.3, 0.4) is 0 Å².